The average molecular weight is 151 g/mol. The molecule has 0 aliphatic carbocycles. The van der Waals surface area contributed by atoms with E-state index in [-0.39, 0.29) is 0 Å². The zero-order chi connectivity index (χ0) is 7.49. The second kappa shape index (κ2) is 3.05. The fourth-order valence-electron chi connectivity index (χ4n) is 0.121. The third-order valence-electron chi connectivity index (χ3n) is 0.757. The smallest absolute Gasteiger partial charge is 0.321 e. The van der Waals surface area contributed by atoms with Crippen LogP contribution in [-0.2, 0) is 9.13 Å². The summed E-state index contributed by atoms with van der Waals surface area (Å²) < 4.78 is 2.20. The van der Waals surface area contributed by atoms with Crippen LogP contribution in [0.25, 0.3) is 0 Å². The van der Waals surface area contributed by atoms with E-state index in [1.807, 2.05) is 0 Å². The minimum Gasteiger partial charge on any atom is -0.711 e. The van der Waals surface area contributed by atoms with E-state index in [4.69, 9.17) is 5.11 Å². The summed E-state index contributed by atoms with van der Waals surface area (Å²) in [5, 5.41) is 17.8. The second-order valence-corrected chi connectivity index (χ2v) is 3.29. The van der Waals surface area contributed by atoms with Gasteiger partial charge < -0.3 is 14.7 Å². The average Bonchev–Trinajstić information content (AvgIpc) is 1.65. The van der Waals surface area contributed by atoms with Crippen molar-refractivity contribution in [2.45, 2.75) is 18.6 Å². The molecule has 4 nitrogen and oxygen atoms in total. The number of carboxylic acids is 1. The van der Waals surface area contributed by atoms with Crippen LogP contribution in [0.4, 0.5) is 0 Å². The van der Waals surface area contributed by atoms with Gasteiger partial charge in [0.05, 0.1) is 0 Å². The van der Waals surface area contributed by atoms with Crippen molar-refractivity contribution in [3.05, 3.63) is 0 Å². The molecule has 0 saturated heterocycles. The normalized spacial score (nSPS) is 11.4. The largest absolute Gasteiger partial charge is 0.711 e. The van der Waals surface area contributed by atoms with E-state index in [0.29, 0.717) is 12.0 Å². The van der Waals surface area contributed by atoms with Gasteiger partial charge in [-0.15, -0.1) is 0 Å². The van der Waals surface area contributed by atoms with Crippen LogP contribution in [0.2, 0.25) is 0 Å². The molecule has 1 N–H and O–H groups in total. The summed E-state index contributed by atoms with van der Waals surface area (Å²) in [5.74, 6) is -1.07. The van der Waals surface area contributed by atoms with Crippen molar-refractivity contribution in [1.29, 1.82) is 0 Å². The Morgan fingerprint density at radius 3 is 2.33 bits per heavy atom. The third kappa shape index (κ3) is 2.69. The highest BCUT2D eigenvalue weighted by Crippen LogP contribution is 2.22. The molecule has 0 aliphatic heterocycles. The van der Waals surface area contributed by atoms with E-state index < -0.39 is 10.7 Å². The van der Waals surface area contributed by atoms with Gasteiger partial charge in [-0.25, -0.2) is 0 Å². The molecule has 0 atom stereocenters. The Morgan fingerprint density at radius 1 is 1.78 bits per heavy atom. The Morgan fingerprint density at radius 2 is 2.22 bits per heavy atom. The van der Waals surface area contributed by atoms with Crippen LogP contribution in [0, 0.1) is 0 Å². The molecular formula is C4H7O4S-. The van der Waals surface area contributed by atoms with E-state index >= 15 is 0 Å². The van der Waals surface area contributed by atoms with Gasteiger partial charge in [-0.1, -0.05) is 0 Å². The molecule has 0 aliphatic rings. The van der Waals surface area contributed by atoms with E-state index in [1.54, 1.807) is 0 Å². The number of carboxylic acid groups (broad SMARTS) is 1. The summed E-state index contributed by atoms with van der Waals surface area (Å²) in [5.41, 5.74) is 0. The van der Waals surface area contributed by atoms with Crippen molar-refractivity contribution in [2.24, 2.45) is 0 Å². The maximum Gasteiger partial charge on any atom is 0.321 e. The zero-order valence-corrected chi connectivity index (χ0v) is 5.90. The molecule has 0 amide bonds. The standard InChI is InChI=1S/C4H8O4S/c1-4(2,3(5)6)9-8-7/h7H,1-2H3,(H,5,6)/p-1. The van der Waals surface area contributed by atoms with Crippen LogP contribution in [0.1, 0.15) is 13.8 Å². The summed E-state index contributed by atoms with van der Waals surface area (Å²) >= 11 is 0.387. The van der Waals surface area contributed by atoms with Gasteiger partial charge >= 0.3 is 5.97 Å². The van der Waals surface area contributed by atoms with E-state index in [9.17, 15) is 10.1 Å². The predicted octanol–water partition coefficient (Wildman–Crippen LogP) is -0.210. The maximum absolute atomic E-state index is 10.2. The van der Waals surface area contributed by atoms with Gasteiger partial charge in [-0.3, -0.25) is 4.79 Å². The lowest BCUT2D eigenvalue weighted by atomic mass is 10.2. The molecule has 0 aromatic heterocycles. The molecule has 0 bridgehead atoms. The quantitative estimate of drug-likeness (QED) is 0.343. The maximum atomic E-state index is 10.2. The molecule has 5 heteroatoms. The van der Waals surface area contributed by atoms with Gasteiger partial charge in [0, 0.05) is 0 Å². The molecule has 0 heterocycles. The highest BCUT2D eigenvalue weighted by Gasteiger charge is 2.27. The van der Waals surface area contributed by atoms with Crippen molar-refractivity contribution in [2.75, 3.05) is 0 Å². The first-order chi connectivity index (χ1) is 4.00. The second-order valence-electron chi connectivity index (χ2n) is 1.97. The number of hydrogen-bond acceptors (Lipinski definition) is 4. The molecule has 0 spiro atoms. The molecule has 0 aromatic rings. The fraction of sp³-hybridized carbons (Fsp3) is 0.750. The number of rotatable bonds is 3. The van der Waals surface area contributed by atoms with Gasteiger partial charge in [-0.2, -0.15) is 0 Å². The number of hydrogen-bond donors (Lipinski definition) is 1. The summed E-state index contributed by atoms with van der Waals surface area (Å²) in [6, 6.07) is 0. The number of aliphatic carboxylic acids is 1. The molecule has 0 rings (SSSR count). The first kappa shape index (κ1) is 8.74. The molecule has 9 heavy (non-hydrogen) atoms. The topological polar surface area (TPSA) is 69.6 Å². The van der Waals surface area contributed by atoms with Crippen molar-refractivity contribution < 1.29 is 19.5 Å². The summed E-state index contributed by atoms with van der Waals surface area (Å²) in [7, 11) is 0. The Balaban J connectivity index is 3.85. The first-order valence-corrected chi connectivity index (χ1v) is 2.96. The Hall–Kier alpha value is -0.260. The van der Waals surface area contributed by atoms with Crippen molar-refractivity contribution in [3.8, 4) is 0 Å². The lowest BCUT2D eigenvalue weighted by Crippen LogP contribution is -2.28. The molecule has 0 saturated carbocycles. The van der Waals surface area contributed by atoms with E-state index in [0.717, 1.165) is 0 Å². The molecule has 0 unspecified atom stereocenters. The highest BCUT2D eigenvalue weighted by atomic mass is 32.2. The zero-order valence-electron chi connectivity index (χ0n) is 5.08. The summed E-state index contributed by atoms with van der Waals surface area (Å²) in [4.78, 5) is 10.2. The van der Waals surface area contributed by atoms with Crippen LogP contribution in [0.3, 0.4) is 0 Å². The van der Waals surface area contributed by atoms with Crippen LogP contribution in [-0.4, -0.2) is 15.8 Å². The lowest BCUT2D eigenvalue weighted by Gasteiger charge is -2.18. The van der Waals surface area contributed by atoms with E-state index in [1.165, 1.54) is 13.8 Å². The van der Waals surface area contributed by atoms with Crippen molar-refractivity contribution >= 4 is 18.0 Å². The van der Waals surface area contributed by atoms with Crippen LogP contribution in [0.15, 0.2) is 0 Å². The minimum atomic E-state index is -1.15. The van der Waals surface area contributed by atoms with Gasteiger partial charge in [0.1, 0.15) is 4.75 Å². The van der Waals surface area contributed by atoms with Gasteiger partial charge in [0.25, 0.3) is 0 Å². The molecule has 0 aromatic carbocycles. The summed E-state index contributed by atoms with van der Waals surface area (Å²) in [6.45, 7) is 2.77. The third-order valence-corrected chi connectivity index (χ3v) is 1.42. The Bertz CT molecular complexity index is 111. The Labute approximate surface area is 57.0 Å². The molecule has 0 radical (unpaired) electrons. The predicted molar refractivity (Wildman–Crippen MR) is 30.4 cm³/mol. The van der Waals surface area contributed by atoms with Crippen LogP contribution >= 0.6 is 12.0 Å². The minimum absolute atomic E-state index is 0.387. The van der Waals surface area contributed by atoms with Crippen molar-refractivity contribution in [3.63, 3.8) is 0 Å². The molecule has 0 fully saturated rings. The molecular weight excluding hydrogens is 144 g/mol. The monoisotopic (exact) mass is 151 g/mol. The Kier molecular flexibility index (Phi) is 2.96. The first-order valence-electron chi connectivity index (χ1n) is 2.22. The lowest BCUT2D eigenvalue weighted by molar-refractivity contribution is -0.630. The van der Waals surface area contributed by atoms with Gasteiger partial charge in [0.15, 0.2) is 0 Å². The molecule has 54 valence electrons. The van der Waals surface area contributed by atoms with Gasteiger partial charge in [-0.05, 0) is 25.9 Å². The van der Waals surface area contributed by atoms with Crippen molar-refractivity contribution in [1.82, 2.24) is 0 Å². The fourth-order valence-corrected chi connectivity index (χ4v) is 0.362. The highest BCUT2D eigenvalue weighted by molar-refractivity contribution is 7.96. The van der Waals surface area contributed by atoms with Crippen LogP contribution < -0.4 is 5.26 Å². The van der Waals surface area contributed by atoms with Crippen LogP contribution in [0.5, 0.6) is 0 Å². The van der Waals surface area contributed by atoms with Gasteiger partial charge in [0.2, 0.25) is 0 Å². The summed E-state index contributed by atoms with van der Waals surface area (Å²) in [6.07, 6.45) is 0. The number of carbonyl (C=O) groups is 1. The van der Waals surface area contributed by atoms with E-state index in [2.05, 4.69) is 4.33 Å². The SMILES string of the molecule is CC(C)(SO[O-])C(=O)O.